The lowest BCUT2D eigenvalue weighted by Crippen LogP contribution is -2.29. The van der Waals surface area contributed by atoms with E-state index in [1.165, 1.54) is 41.3 Å². The van der Waals surface area contributed by atoms with Gasteiger partial charge in [0.2, 0.25) is 5.91 Å². The molecule has 4 rings (SSSR count). The number of carbonyl (C=O) groups excluding carboxylic acids is 1. The molecule has 5 nitrogen and oxygen atoms in total. The Hall–Kier alpha value is -3.18. The van der Waals surface area contributed by atoms with Gasteiger partial charge in [-0.3, -0.25) is 9.69 Å². The third-order valence-corrected chi connectivity index (χ3v) is 5.36. The summed E-state index contributed by atoms with van der Waals surface area (Å²) in [4.78, 5) is 25.7. The van der Waals surface area contributed by atoms with E-state index in [1.54, 1.807) is 12.1 Å². The summed E-state index contributed by atoms with van der Waals surface area (Å²) in [6, 6.07) is 21.6. The quantitative estimate of drug-likeness (QED) is 0.595. The first-order valence-corrected chi connectivity index (χ1v) is 9.94. The van der Waals surface area contributed by atoms with Crippen LogP contribution in [0.2, 0.25) is 0 Å². The van der Waals surface area contributed by atoms with Gasteiger partial charge in [-0.2, -0.15) is 0 Å². The summed E-state index contributed by atoms with van der Waals surface area (Å²) in [5.74, 6) is -1.03. The smallest absolute Gasteiger partial charge is 0.335 e. The van der Waals surface area contributed by atoms with Gasteiger partial charge in [0.05, 0.1) is 5.56 Å². The largest absolute Gasteiger partial charge is 0.478 e. The fourth-order valence-electron chi connectivity index (χ4n) is 3.64. The van der Waals surface area contributed by atoms with Gasteiger partial charge in [0, 0.05) is 31.2 Å². The summed E-state index contributed by atoms with van der Waals surface area (Å²) in [5, 5.41) is 14.3. The van der Waals surface area contributed by atoms with E-state index in [0.29, 0.717) is 24.7 Å². The van der Waals surface area contributed by atoms with Crippen molar-refractivity contribution in [3.63, 3.8) is 0 Å². The van der Waals surface area contributed by atoms with Gasteiger partial charge in [0.25, 0.3) is 0 Å². The summed E-state index contributed by atoms with van der Waals surface area (Å²) < 4.78 is 0. The molecule has 0 bridgehead atoms. The van der Waals surface area contributed by atoms with Crippen LogP contribution in [0.3, 0.4) is 0 Å². The van der Waals surface area contributed by atoms with Crippen LogP contribution in [0, 0.1) is 0 Å². The number of hydrogen-bond donors (Lipinski definition) is 2. The fourth-order valence-corrected chi connectivity index (χ4v) is 3.64. The molecule has 1 amide bonds. The number of nitrogens with zero attached hydrogens (tertiary/aromatic N) is 1. The summed E-state index contributed by atoms with van der Waals surface area (Å²) in [6.07, 6.45) is 2.77. The van der Waals surface area contributed by atoms with E-state index in [9.17, 15) is 9.59 Å². The zero-order valence-electron chi connectivity index (χ0n) is 16.2. The topological polar surface area (TPSA) is 69.6 Å². The van der Waals surface area contributed by atoms with Crippen LogP contribution in [0.1, 0.15) is 35.2 Å². The van der Waals surface area contributed by atoms with Crippen molar-refractivity contribution in [2.75, 3.05) is 11.9 Å². The maximum Gasteiger partial charge on any atom is 0.335 e. The number of hydrogen-bond acceptors (Lipinski definition) is 3. The predicted molar refractivity (Wildman–Crippen MR) is 114 cm³/mol. The van der Waals surface area contributed by atoms with Gasteiger partial charge in [-0.1, -0.05) is 42.5 Å². The molecule has 1 aliphatic carbocycles. The highest BCUT2D eigenvalue weighted by atomic mass is 16.4. The van der Waals surface area contributed by atoms with Crippen molar-refractivity contribution < 1.29 is 14.7 Å². The van der Waals surface area contributed by atoms with Crippen molar-refractivity contribution in [2.45, 2.75) is 31.8 Å². The Kier molecular flexibility index (Phi) is 5.58. The maximum atomic E-state index is 12.4. The molecule has 0 heterocycles. The van der Waals surface area contributed by atoms with Crippen molar-refractivity contribution in [1.82, 2.24) is 4.90 Å². The lowest BCUT2D eigenvalue weighted by molar-refractivity contribution is -0.116. The lowest BCUT2D eigenvalue weighted by atomic mass is 10.0. The minimum absolute atomic E-state index is 0.0587. The zero-order valence-corrected chi connectivity index (χ0v) is 16.2. The van der Waals surface area contributed by atoms with Gasteiger partial charge < -0.3 is 10.4 Å². The van der Waals surface area contributed by atoms with Crippen LogP contribution < -0.4 is 5.32 Å². The average Bonchev–Trinajstić information content (AvgIpc) is 3.57. The number of amides is 1. The van der Waals surface area contributed by atoms with Crippen LogP contribution in [-0.4, -0.2) is 34.5 Å². The Morgan fingerprint density at radius 1 is 0.966 bits per heavy atom. The number of benzene rings is 3. The first kappa shape index (κ1) is 19.2. The molecule has 1 saturated carbocycles. The van der Waals surface area contributed by atoms with Gasteiger partial charge in [-0.15, -0.1) is 0 Å². The first-order valence-electron chi connectivity index (χ1n) is 9.94. The summed E-state index contributed by atoms with van der Waals surface area (Å²) in [7, 11) is 0. The molecule has 0 saturated heterocycles. The van der Waals surface area contributed by atoms with Crippen molar-refractivity contribution in [2.24, 2.45) is 0 Å². The predicted octanol–water partition coefficient (Wildman–Crippen LogP) is 4.53. The molecule has 148 valence electrons. The Bertz CT molecular complexity index is 1020. The molecule has 2 N–H and O–H groups in total. The highest BCUT2D eigenvalue weighted by molar-refractivity contribution is 5.92. The fraction of sp³-hybridized carbons (Fsp3) is 0.250. The molecule has 0 aliphatic heterocycles. The van der Waals surface area contributed by atoms with E-state index >= 15 is 0 Å². The van der Waals surface area contributed by atoms with Crippen molar-refractivity contribution in [3.8, 4) is 0 Å². The van der Waals surface area contributed by atoms with Crippen LogP contribution in [0.5, 0.6) is 0 Å². The third kappa shape index (κ3) is 4.81. The SMILES string of the molecule is O=C(CCN(Cc1cccc2ccccc12)C1CC1)Nc1ccc(C(=O)O)cc1. The molecular formula is C24H24N2O3. The number of carboxylic acid groups (broad SMARTS) is 1. The highest BCUT2D eigenvalue weighted by Crippen LogP contribution is 2.30. The van der Waals surface area contributed by atoms with E-state index in [4.69, 9.17) is 5.11 Å². The Morgan fingerprint density at radius 2 is 1.69 bits per heavy atom. The average molecular weight is 388 g/mol. The molecule has 0 unspecified atom stereocenters. The number of aromatic carboxylic acids is 1. The van der Waals surface area contributed by atoms with Crippen LogP contribution in [0.15, 0.2) is 66.7 Å². The van der Waals surface area contributed by atoms with Gasteiger partial charge in [-0.05, 0) is 53.4 Å². The number of carboxylic acids is 1. The van der Waals surface area contributed by atoms with E-state index in [2.05, 4.69) is 52.7 Å². The van der Waals surface area contributed by atoms with Crippen LogP contribution in [0.25, 0.3) is 10.8 Å². The van der Waals surface area contributed by atoms with Crippen LogP contribution in [0.4, 0.5) is 5.69 Å². The second kappa shape index (κ2) is 8.45. The summed E-state index contributed by atoms with van der Waals surface area (Å²) >= 11 is 0. The van der Waals surface area contributed by atoms with Gasteiger partial charge >= 0.3 is 5.97 Å². The number of nitrogens with one attached hydrogen (secondary N) is 1. The second-order valence-electron chi connectivity index (χ2n) is 7.52. The number of fused-ring (bicyclic) bond motifs is 1. The van der Waals surface area contributed by atoms with E-state index < -0.39 is 5.97 Å². The molecule has 5 heteroatoms. The van der Waals surface area contributed by atoms with Crippen LogP contribution >= 0.6 is 0 Å². The molecule has 3 aromatic rings. The first-order chi connectivity index (χ1) is 14.1. The molecule has 1 fully saturated rings. The van der Waals surface area contributed by atoms with E-state index in [0.717, 1.165) is 6.54 Å². The summed E-state index contributed by atoms with van der Waals surface area (Å²) in [6.45, 7) is 1.54. The molecule has 0 radical (unpaired) electrons. The Balaban J connectivity index is 1.37. The monoisotopic (exact) mass is 388 g/mol. The van der Waals surface area contributed by atoms with E-state index in [1.807, 2.05) is 0 Å². The van der Waals surface area contributed by atoms with Gasteiger partial charge in [-0.25, -0.2) is 4.79 Å². The highest BCUT2D eigenvalue weighted by Gasteiger charge is 2.29. The maximum absolute atomic E-state index is 12.4. The Labute approximate surface area is 170 Å². The third-order valence-electron chi connectivity index (χ3n) is 5.36. The van der Waals surface area contributed by atoms with E-state index in [-0.39, 0.29) is 11.5 Å². The van der Waals surface area contributed by atoms with Gasteiger partial charge in [0.15, 0.2) is 0 Å². The molecule has 1 aliphatic rings. The van der Waals surface area contributed by atoms with Crippen LogP contribution in [-0.2, 0) is 11.3 Å². The second-order valence-corrected chi connectivity index (χ2v) is 7.52. The molecule has 3 aromatic carbocycles. The molecule has 0 aromatic heterocycles. The summed E-state index contributed by atoms with van der Waals surface area (Å²) in [5.41, 5.74) is 2.12. The van der Waals surface area contributed by atoms with Crippen molar-refractivity contribution in [3.05, 3.63) is 77.9 Å². The normalized spacial score (nSPS) is 13.6. The minimum atomic E-state index is -0.976. The van der Waals surface area contributed by atoms with Crippen molar-refractivity contribution >= 4 is 28.3 Å². The number of rotatable bonds is 8. The minimum Gasteiger partial charge on any atom is -0.478 e. The molecular weight excluding hydrogens is 364 g/mol. The van der Waals surface area contributed by atoms with Gasteiger partial charge in [0.1, 0.15) is 0 Å². The molecule has 29 heavy (non-hydrogen) atoms. The Morgan fingerprint density at radius 3 is 2.41 bits per heavy atom. The van der Waals surface area contributed by atoms with Crippen molar-refractivity contribution in [1.29, 1.82) is 0 Å². The number of carbonyl (C=O) groups is 2. The standard InChI is InChI=1S/C24H24N2O3/c27-23(25-20-10-8-18(9-11-20)24(28)29)14-15-26(21-12-13-21)16-19-6-3-5-17-4-1-2-7-22(17)19/h1-11,21H,12-16H2,(H,25,27)(H,28,29). The number of anilines is 1. The molecule has 0 atom stereocenters. The zero-order chi connectivity index (χ0) is 20.2. The lowest BCUT2D eigenvalue weighted by Gasteiger charge is -2.22. The molecule has 0 spiro atoms.